The SMILES string of the molecule is CC1CCC(Nc2cccc(C(F)(F)F)n2)CC1. The molecular formula is C13H17F3N2. The molecule has 100 valence electrons. The average Bonchev–Trinajstić information content (AvgIpc) is 2.31. The first-order valence-electron chi connectivity index (χ1n) is 6.26. The van der Waals surface area contributed by atoms with Crippen LogP contribution in [0.1, 0.15) is 38.3 Å². The highest BCUT2D eigenvalue weighted by molar-refractivity contribution is 5.37. The molecule has 0 aliphatic heterocycles. The van der Waals surface area contributed by atoms with Crippen molar-refractivity contribution in [3.8, 4) is 0 Å². The van der Waals surface area contributed by atoms with E-state index in [4.69, 9.17) is 0 Å². The summed E-state index contributed by atoms with van der Waals surface area (Å²) < 4.78 is 37.5. The van der Waals surface area contributed by atoms with Crippen molar-refractivity contribution in [1.82, 2.24) is 4.98 Å². The number of rotatable bonds is 2. The fourth-order valence-corrected chi connectivity index (χ4v) is 2.29. The molecule has 1 aliphatic carbocycles. The lowest BCUT2D eigenvalue weighted by atomic mass is 9.87. The second-order valence-corrected chi connectivity index (χ2v) is 5.01. The Hall–Kier alpha value is -1.26. The van der Waals surface area contributed by atoms with E-state index in [9.17, 15) is 13.2 Å². The minimum absolute atomic E-state index is 0.247. The lowest BCUT2D eigenvalue weighted by molar-refractivity contribution is -0.141. The number of hydrogen-bond donors (Lipinski definition) is 1. The maximum atomic E-state index is 12.5. The minimum Gasteiger partial charge on any atom is -0.367 e. The van der Waals surface area contributed by atoms with Crippen LogP contribution in [0.15, 0.2) is 18.2 Å². The predicted octanol–water partition coefficient (Wildman–Crippen LogP) is 4.09. The molecule has 1 aliphatic rings. The molecule has 18 heavy (non-hydrogen) atoms. The summed E-state index contributed by atoms with van der Waals surface area (Å²) >= 11 is 0. The molecule has 0 spiro atoms. The van der Waals surface area contributed by atoms with Crippen LogP contribution >= 0.6 is 0 Å². The smallest absolute Gasteiger partial charge is 0.367 e. The molecule has 0 atom stereocenters. The Bertz CT molecular complexity index is 395. The van der Waals surface area contributed by atoms with Gasteiger partial charge in [-0.05, 0) is 43.7 Å². The van der Waals surface area contributed by atoms with Crippen LogP contribution in [-0.2, 0) is 6.18 Å². The van der Waals surface area contributed by atoms with Gasteiger partial charge in [0.2, 0.25) is 0 Å². The van der Waals surface area contributed by atoms with Gasteiger partial charge in [-0.1, -0.05) is 13.0 Å². The van der Waals surface area contributed by atoms with Crippen LogP contribution in [0.3, 0.4) is 0 Å². The molecule has 0 unspecified atom stereocenters. The van der Waals surface area contributed by atoms with Crippen molar-refractivity contribution in [3.05, 3.63) is 23.9 Å². The minimum atomic E-state index is -4.38. The van der Waals surface area contributed by atoms with Crippen LogP contribution in [-0.4, -0.2) is 11.0 Å². The van der Waals surface area contributed by atoms with E-state index in [-0.39, 0.29) is 6.04 Å². The molecule has 1 heterocycles. The molecule has 1 aromatic rings. The third-order valence-corrected chi connectivity index (χ3v) is 3.41. The first kappa shape index (κ1) is 13.2. The van der Waals surface area contributed by atoms with Crippen LogP contribution in [0.4, 0.5) is 19.0 Å². The lowest BCUT2D eigenvalue weighted by Gasteiger charge is -2.27. The molecule has 1 saturated carbocycles. The Morgan fingerprint density at radius 2 is 1.83 bits per heavy atom. The maximum absolute atomic E-state index is 12.5. The topological polar surface area (TPSA) is 24.9 Å². The van der Waals surface area contributed by atoms with Crippen LogP contribution in [0.5, 0.6) is 0 Å². The molecule has 0 bridgehead atoms. The number of pyridine rings is 1. The Morgan fingerprint density at radius 1 is 1.17 bits per heavy atom. The van der Waals surface area contributed by atoms with Crippen molar-refractivity contribution in [2.45, 2.75) is 44.8 Å². The van der Waals surface area contributed by atoms with Gasteiger partial charge in [0.05, 0.1) is 0 Å². The number of alkyl halides is 3. The van der Waals surface area contributed by atoms with Gasteiger partial charge in [-0.15, -0.1) is 0 Å². The van der Waals surface area contributed by atoms with Crippen LogP contribution in [0.25, 0.3) is 0 Å². The van der Waals surface area contributed by atoms with Crippen LogP contribution < -0.4 is 5.32 Å². The van der Waals surface area contributed by atoms with Gasteiger partial charge in [0.15, 0.2) is 0 Å². The summed E-state index contributed by atoms with van der Waals surface area (Å²) in [5.74, 6) is 1.04. The van der Waals surface area contributed by atoms with Gasteiger partial charge in [0, 0.05) is 6.04 Å². The van der Waals surface area contributed by atoms with Gasteiger partial charge in [-0.25, -0.2) is 4.98 Å². The van der Waals surface area contributed by atoms with E-state index in [0.29, 0.717) is 5.82 Å². The molecule has 1 aromatic heterocycles. The highest BCUT2D eigenvalue weighted by Gasteiger charge is 2.32. The van der Waals surface area contributed by atoms with E-state index in [1.807, 2.05) is 0 Å². The molecular weight excluding hydrogens is 241 g/mol. The first-order valence-corrected chi connectivity index (χ1v) is 6.26. The number of halogens is 3. The molecule has 0 amide bonds. The summed E-state index contributed by atoms with van der Waals surface area (Å²) in [5.41, 5.74) is -0.836. The Labute approximate surface area is 105 Å². The lowest BCUT2D eigenvalue weighted by Crippen LogP contribution is -2.26. The molecule has 0 saturated heterocycles. The van der Waals surface area contributed by atoms with Gasteiger partial charge in [0.1, 0.15) is 11.5 Å². The van der Waals surface area contributed by atoms with E-state index in [1.54, 1.807) is 6.07 Å². The summed E-state index contributed by atoms with van der Waals surface area (Å²) in [6.45, 7) is 2.21. The van der Waals surface area contributed by atoms with Crippen molar-refractivity contribution in [2.24, 2.45) is 5.92 Å². The van der Waals surface area contributed by atoms with Crippen molar-refractivity contribution in [3.63, 3.8) is 0 Å². The monoisotopic (exact) mass is 258 g/mol. The summed E-state index contributed by atoms with van der Waals surface area (Å²) in [7, 11) is 0. The highest BCUT2D eigenvalue weighted by atomic mass is 19.4. The summed E-state index contributed by atoms with van der Waals surface area (Å²) in [4.78, 5) is 3.62. The number of nitrogens with zero attached hydrogens (tertiary/aromatic N) is 1. The normalized spacial score (nSPS) is 24.9. The molecule has 0 aromatic carbocycles. The highest BCUT2D eigenvalue weighted by Crippen LogP contribution is 2.29. The Kier molecular flexibility index (Phi) is 3.78. The summed E-state index contributed by atoms with van der Waals surface area (Å²) in [5, 5.41) is 3.10. The molecule has 2 nitrogen and oxygen atoms in total. The zero-order chi connectivity index (χ0) is 13.2. The fraction of sp³-hybridized carbons (Fsp3) is 0.615. The van der Waals surface area contributed by atoms with Gasteiger partial charge in [-0.2, -0.15) is 13.2 Å². The second kappa shape index (κ2) is 5.16. The van der Waals surface area contributed by atoms with E-state index >= 15 is 0 Å². The zero-order valence-electron chi connectivity index (χ0n) is 10.3. The van der Waals surface area contributed by atoms with E-state index in [1.165, 1.54) is 6.07 Å². The maximum Gasteiger partial charge on any atom is 0.433 e. The Morgan fingerprint density at radius 3 is 2.44 bits per heavy atom. The standard InChI is InChI=1S/C13H17F3N2/c1-9-5-7-10(8-6-9)17-12-4-2-3-11(18-12)13(14,15)16/h2-4,9-10H,5-8H2,1H3,(H,17,18). The average molecular weight is 258 g/mol. The molecule has 2 rings (SSSR count). The largest absolute Gasteiger partial charge is 0.433 e. The van der Waals surface area contributed by atoms with Crippen molar-refractivity contribution in [1.29, 1.82) is 0 Å². The third kappa shape index (κ3) is 3.37. The van der Waals surface area contributed by atoms with Gasteiger partial charge < -0.3 is 5.32 Å². The molecule has 0 radical (unpaired) electrons. The van der Waals surface area contributed by atoms with E-state index in [0.717, 1.165) is 37.7 Å². The fourth-order valence-electron chi connectivity index (χ4n) is 2.29. The predicted molar refractivity (Wildman–Crippen MR) is 64.3 cm³/mol. The third-order valence-electron chi connectivity index (χ3n) is 3.41. The molecule has 1 fully saturated rings. The van der Waals surface area contributed by atoms with E-state index < -0.39 is 11.9 Å². The van der Waals surface area contributed by atoms with Crippen molar-refractivity contribution >= 4 is 5.82 Å². The molecule has 5 heteroatoms. The van der Waals surface area contributed by atoms with E-state index in [2.05, 4.69) is 17.2 Å². The Balaban J connectivity index is 2.01. The molecule has 1 N–H and O–H groups in total. The first-order chi connectivity index (χ1) is 8.45. The second-order valence-electron chi connectivity index (χ2n) is 5.01. The van der Waals surface area contributed by atoms with Crippen molar-refractivity contribution in [2.75, 3.05) is 5.32 Å². The van der Waals surface area contributed by atoms with Gasteiger partial charge in [0.25, 0.3) is 0 Å². The van der Waals surface area contributed by atoms with Crippen LogP contribution in [0, 0.1) is 5.92 Å². The number of aromatic nitrogens is 1. The van der Waals surface area contributed by atoms with Crippen molar-refractivity contribution < 1.29 is 13.2 Å². The number of nitrogens with one attached hydrogen (secondary N) is 1. The quantitative estimate of drug-likeness (QED) is 0.864. The number of hydrogen-bond acceptors (Lipinski definition) is 2. The summed E-state index contributed by atoms with van der Waals surface area (Å²) in [6, 6.07) is 4.22. The number of anilines is 1. The zero-order valence-corrected chi connectivity index (χ0v) is 10.3. The summed E-state index contributed by atoms with van der Waals surface area (Å²) in [6.07, 6.45) is -0.135. The van der Waals surface area contributed by atoms with Crippen LogP contribution in [0.2, 0.25) is 0 Å². The van der Waals surface area contributed by atoms with Gasteiger partial charge >= 0.3 is 6.18 Å². The van der Waals surface area contributed by atoms with Gasteiger partial charge in [-0.3, -0.25) is 0 Å².